The molecule has 3 aliphatic rings. The molecule has 2 aromatic rings. The van der Waals surface area contributed by atoms with Gasteiger partial charge in [-0.25, -0.2) is 4.79 Å². The number of fused-ring (bicyclic) bond motifs is 3. The molecule has 1 heterocycles. The van der Waals surface area contributed by atoms with E-state index in [0.717, 1.165) is 19.3 Å². The Hall–Kier alpha value is -3.35. The van der Waals surface area contributed by atoms with Crippen molar-refractivity contribution in [3.05, 3.63) is 59.7 Å². The van der Waals surface area contributed by atoms with Gasteiger partial charge in [0.15, 0.2) is 0 Å². The smallest absolute Gasteiger partial charge is 0.407 e. The van der Waals surface area contributed by atoms with Crippen molar-refractivity contribution < 1.29 is 24.2 Å². The Bertz CT molecular complexity index is 1050. The number of rotatable bonds is 7. The van der Waals surface area contributed by atoms with Crippen LogP contribution in [0, 0.1) is 11.8 Å². The van der Waals surface area contributed by atoms with Crippen LogP contribution in [0.2, 0.25) is 0 Å². The zero-order chi connectivity index (χ0) is 23.7. The largest absolute Gasteiger partial charge is 0.481 e. The molecular formula is C27H30N2O5. The van der Waals surface area contributed by atoms with Gasteiger partial charge in [-0.3, -0.25) is 9.59 Å². The van der Waals surface area contributed by atoms with Crippen LogP contribution in [-0.4, -0.2) is 53.7 Å². The number of ether oxygens (including phenoxy) is 1. The van der Waals surface area contributed by atoms with Crippen molar-refractivity contribution in [3.8, 4) is 11.1 Å². The highest BCUT2D eigenvalue weighted by Crippen LogP contribution is 2.44. The highest BCUT2D eigenvalue weighted by atomic mass is 16.5. The Morgan fingerprint density at radius 3 is 2.26 bits per heavy atom. The fourth-order valence-corrected chi connectivity index (χ4v) is 5.71. The van der Waals surface area contributed by atoms with E-state index >= 15 is 0 Å². The summed E-state index contributed by atoms with van der Waals surface area (Å²) < 4.78 is 5.67. The van der Waals surface area contributed by atoms with Gasteiger partial charge in [-0.05, 0) is 47.4 Å². The Kier molecular flexibility index (Phi) is 6.26. The number of carbonyl (C=O) groups is 3. The van der Waals surface area contributed by atoms with Crippen molar-refractivity contribution in [1.29, 1.82) is 0 Å². The summed E-state index contributed by atoms with van der Waals surface area (Å²) >= 11 is 0. The summed E-state index contributed by atoms with van der Waals surface area (Å²) in [5, 5.41) is 11.8. The highest BCUT2D eigenvalue weighted by molar-refractivity contribution is 5.82. The molecule has 0 unspecified atom stereocenters. The van der Waals surface area contributed by atoms with Gasteiger partial charge in [0.25, 0.3) is 0 Å². The highest BCUT2D eigenvalue weighted by Gasteiger charge is 2.41. The number of carboxylic acids is 1. The van der Waals surface area contributed by atoms with E-state index in [1.165, 1.54) is 22.3 Å². The molecule has 0 radical (unpaired) electrons. The minimum atomic E-state index is -0.798. The van der Waals surface area contributed by atoms with Crippen LogP contribution in [0.15, 0.2) is 48.5 Å². The first-order chi connectivity index (χ1) is 16.5. The molecule has 178 valence electrons. The third-order valence-corrected chi connectivity index (χ3v) is 7.52. The minimum Gasteiger partial charge on any atom is -0.481 e. The standard InChI is InChI=1S/C27H30N2O5/c30-25(31)13-12-17-14-29(15-17)26(32)22-10-5-11-24(22)28-27(33)34-16-23-20-8-3-1-6-18(20)19-7-2-4-9-21(19)23/h1-4,6-9,17,22-24H,5,10-16H2,(H,28,33)(H,30,31)/t22-,24+/m1/s1. The molecule has 2 N–H and O–H groups in total. The molecule has 1 aliphatic heterocycles. The van der Waals surface area contributed by atoms with Crippen molar-refractivity contribution in [1.82, 2.24) is 10.2 Å². The van der Waals surface area contributed by atoms with Crippen LogP contribution in [-0.2, 0) is 14.3 Å². The average molecular weight is 463 g/mol. The number of nitrogens with one attached hydrogen (secondary N) is 1. The molecular weight excluding hydrogens is 432 g/mol. The first-order valence-electron chi connectivity index (χ1n) is 12.1. The number of aliphatic carboxylic acids is 1. The summed E-state index contributed by atoms with van der Waals surface area (Å²) in [4.78, 5) is 38.2. The summed E-state index contributed by atoms with van der Waals surface area (Å²) in [6.45, 7) is 1.48. The molecule has 7 nitrogen and oxygen atoms in total. The Morgan fingerprint density at radius 1 is 0.971 bits per heavy atom. The normalized spacial score (nSPS) is 21.5. The second-order valence-corrected chi connectivity index (χ2v) is 9.66. The molecule has 7 heteroatoms. The lowest BCUT2D eigenvalue weighted by molar-refractivity contribution is -0.143. The van der Waals surface area contributed by atoms with E-state index in [1.54, 1.807) is 4.90 Å². The van der Waals surface area contributed by atoms with Gasteiger partial charge in [0, 0.05) is 31.5 Å². The van der Waals surface area contributed by atoms with Crippen molar-refractivity contribution >= 4 is 18.0 Å². The number of alkyl carbamates (subject to hydrolysis) is 1. The van der Waals surface area contributed by atoms with E-state index in [1.807, 2.05) is 24.3 Å². The predicted molar refractivity (Wildman–Crippen MR) is 126 cm³/mol. The van der Waals surface area contributed by atoms with E-state index in [9.17, 15) is 14.4 Å². The van der Waals surface area contributed by atoms with E-state index in [4.69, 9.17) is 9.84 Å². The molecule has 2 atom stereocenters. The number of hydrogen-bond acceptors (Lipinski definition) is 4. The van der Waals surface area contributed by atoms with E-state index in [-0.39, 0.29) is 42.7 Å². The van der Waals surface area contributed by atoms with E-state index in [2.05, 4.69) is 29.6 Å². The number of likely N-dealkylation sites (tertiary alicyclic amines) is 1. The van der Waals surface area contributed by atoms with Gasteiger partial charge in [0.2, 0.25) is 5.91 Å². The number of hydrogen-bond donors (Lipinski definition) is 2. The third kappa shape index (κ3) is 4.39. The van der Waals surface area contributed by atoms with E-state index in [0.29, 0.717) is 19.5 Å². The predicted octanol–water partition coefficient (Wildman–Crippen LogP) is 4.02. The van der Waals surface area contributed by atoms with Gasteiger partial charge in [-0.15, -0.1) is 0 Å². The van der Waals surface area contributed by atoms with Crippen molar-refractivity contribution in [2.45, 2.75) is 44.1 Å². The fraction of sp³-hybridized carbons (Fsp3) is 0.444. The molecule has 0 aromatic heterocycles. The summed E-state index contributed by atoms with van der Waals surface area (Å²) in [5.41, 5.74) is 4.70. The first kappa shape index (κ1) is 22.4. The average Bonchev–Trinajstić information content (AvgIpc) is 3.39. The lowest BCUT2D eigenvalue weighted by Crippen LogP contribution is -2.54. The zero-order valence-corrected chi connectivity index (χ0v) is 19.1. The van der Waals surface area contributed by atoms with Crippen LogP contribution in [0.5, 0.6) is 0 Å². The monoisotopic (exact) mass is 462 g/mol. The van der Waals surface area contributed by atoms with Crippen molar-refractivity contribution in [2.75, 3.05) is 19.7 Å². The van der Waals surface area contributed by atoms with Gasteiger partial charge < -0.3 is 20.1 Å². The van der Waals surface area contributed by atoms with Crippen LogP contribution >= 0.6 is 0 Å². The van der Waals surface area contributed by atoms with E-state index < -0.39 is 12.1 Å². The number of carbonyl (C=O) groups excluding carboxylic acids is 2. The van der Waals surface area contributed by atoms with Crippen LogP contribution in [0.1, 0.15) is 49.1 Å². The molecule has 5 rings (SSSR count). The molecule has 34 heavy (non-hydrogen) atoms. The number of benzene rings is 2. The lowest BCUT2D eigenvalue weighted by Gasteiger charge is -2.41. The van der Waals surface area contributed by atoms with Gasteiger partial charge in [-0.1, -0.05) is 55.0 Å². The topological polar surface area (TPSA) is 95.9 Å². The molecule has 1 saturated heterocycles. The van der Waals surface area contributed by atoms with Crippen LogP contribution in [0.25, 0.3) is 11.1 Å². The lowest BCUT2D eigenvalue weighted by atomic mass is 9.91. The number of amides is 2. The molecule has 2 aromatic carbocycles. The first-order valence-corrected chi connectivity index (χ1v) is 12.1. The maximum atomic E-state index is 13.0. The molecule has 2 fully saturated rings. The molecule has 0 bridgehead atoms. The van der Waals surface area contributed by atoms with Gasteiger partial charge in [0.05, 0.1) is 5.92 Å². The summed E-state index contributed by atoms with van der Waals surface area (Å²) in [6, 6.07) is 16.2. The Labute approximate surface area is 199 Å². The SMILES string of the molecule is O=C(O)CCC1CN(C(=O)[C@@H]2CCC[C@@H]2NC(=O)OCC2c3ccccc3-c3ccccc32)C1. The zero-order valence-electron chi connectivity index (χ0n) is 19.1. The van der Waals surface area contributed by atoms with Crippen LogP contribution in [0.4, 0.5) is 4.79 Å². The second kappa shape index (κ2) is 9.49. The van der Waals surface area contributed by atoms with Gasteiger partial charge in [0.1, 0.15) is 6.61 Å². The number of carboxylic acid groups (broad SMARTS) is 1. The fourth-order valence-electron chi connectivity index (χ4n) is 5.71. The molecule has 0 spiro atoms. The molecule has 2 amide bonds. The summed E-state index contributed by atoms with van der Waals surface area (Å²) in [7, 11) is 0. The van der Waals surface area contributed by atoms with Crippen LogP contribution in [0.3, 0.4) is 0 Å². The van der Waals surface area contributed by atoms with Gasteiger partial charge in [-0.2, -0.15) is 0 Å². The van der Waals surface area contributed by atoms with Gasteiger partial charge >= 0.3 is 12.1 Å². The Balaban J connectivity index is 1.15. The maximum absolute atomic E-state index is 13.0. The molecule has 1 saturated carbocycles. The van der Waals surface area contributed by atoms with Crippen molar-refractivity contribution in [2.24, 2.45) is 11.8 Å². The maximum Gasteiger partial charge on any atom is 0.407 e. The second-order valence-electron chi connectivity index (χ2n) is 9.66. The summed E-state index contributed by atoms with van der Waals surface area (Å²) in [5.74, 6) is -0.708. The van der Waals surface area contributed by atoms with Crippen molar-refractivity contribution in [3.63, 3.8) is 0 Å². The quantitative estimate of drug-likeness (QED) is 0.648. The number of nitrogens with zero attached hydrogens (tertiary/aromatic N) is 1. The summed E-state index contributed by atoms with van der Waals surface area (Å²) in [6.07, 6.45) is 2.67. The van der Waals surface area contributed by atoms with Crippen LogP contribution < -0.4 is 5.32 Å². The minimum absolute atomic E-state index is 0.00276. The Morgan fingerprint density at radius 2 is 1.62 bits per heavy atom. The third-order valence-electron chi connectivity index (χ3n) is 7.52. The molecule has 2 aliphatic carbocycles.